The van der Waals surface area contributed by atoms with Crippen molar-refractivity contribution >= 4 is 23.5 Å². The van der Waals surface area contributed by atoms with Gasteiger partial charge in [-0.05, 0) is 26.0 Å². The van der Waals surface area contributed by atoms with Crippen LogP contribution in [0.25, 0.3) is 0 Å². The molecule has 1 aliphatic heterocycles. The molecule has 0 spiro atoms. The van der Waals surface area contributed by atoms with E-state index in [0.29, 0.717) is 24.9 Å². The summed E-state index contributed by atoms with van der Waals surface area (Å²) >= 11 is 0. The number of nitrogens with one attached hydrogen (secondary N) is 1. The van der Waals surface area contributed by atoms with Crippen molar-refractivity contribution in [1.82, 2.24) is 9.97 Å². The number of carbonyl (C=O) groups is 2. The number of primary amides is 1. The summed E-state index contributed by atoms with van der Waals surface area (Å²) in [5, 5.41) is 2.90. The maximum Gasteiger partial charge on any atom is 0.239 e. The number of benzene rings is 1. The van der Waals surface area contributed by atoms with Crippen LogP contribution in [-0.2, 0) is 4.79 Å². The zero-order chi connectivity index (χ0) is 19.6. The number of ether oxygens (including phenoxy) is 1. The van der Waals surface area contributed by atoms with E-state index in [4.69, 9.17) is 10.5 Å². The Bertz CT molecular complexity index is 847. The summed E-state index contributed by atoms with van der Waals surface area (Å²) < 4.78 is 5.92. The molecule has 1 aliphatic rings. The van der Waals surface area contributed by atoms with Crippen LogP contribution in [-0.4, -0.2) is 46.9 Å². The number of aryl methyl sites for hydroxylation is 1. The quantitative estimate of drug-likeness (QED) is 0.712. The highest BCUT2D eigenvalue weighted by atomic mass is 16.5. The fourth-order valence-corrected chi connectivity index (χ4v) is 2.61. The van der Waals surface area contributed by atoms with Crippen molar-refractivity contribution in [1.29, 1.82) is 0 Å². The highest BCUT2D eigenvalue weighted by Gasteiger charge is 2.31. The summed E-state index contributed by atoms with van der Waals surface area (Å²) in [4.78, 5) is 33.7. The van der Waals surface area contributed by atoms with E-state index in [2.05, 4.69) is 15.3 Å². The maximum absolute atomic E-state index is 11.8. The SMILES string of the molecule is CC(=O)c1cc(N[C@@H](C)C(N)=O)nc(N2CC(Oc3ccc(C)cc3)C2)n1. The Hall–Kier alpha value is -3.16. The summed E-state index contributed by atoms with van der Waals surface area (Å²) in [5.74, 6) is 0.947. The molecule has 1 amide bonds. The fraction of sp³-hybridized carbons (Fsp3) is 0.368. The fourth-order valence-electron chi connectivity index (χ4n) is 2.61. The normalized spacial score (nSPS) is 15.0. The first-order valence-electron chi connectivity index (χ1n) is 8.76. The molecule has 2 aromatic rings. The average molecular weight is 369 g/mol. The molecule has 1 fully saturated rings. The third kappa shape index (κ3) is 4.52. The minimum Gasteiger partial charge on any atom is -0.487 e. The van der Waals surface area contributed by atoms with Gasteiger partial charge in [-0.3, -0.25) is 9.59 Å². The van der Waals surface area contributed by atoms with Gasteiger partial charge in [-0.1, -0.05) is 17.7 Å². The number of hydrogen-bond acceptors (Lipinski definition) is 7. The number of hydrogen-bond donors (Lipinski definition) is 2. The van der Waals surface area contributed by atoms with E-state index in [-0.39, 0.29) is 17.6 Å². The van der Waals surface area contributed by atoms with Crippen LogP contribution in [0.1, 0.15) is 29.9 Å². The molecule has 0 saturated carbocycles. The van der Waals surface area contributed by atoms with Gasteiger partial charge in [0.2, 0.25) is 11.9 Å². The van der Waals surface area contributed by atoms with Crippen LogP contribution >= 0.6 is 0 Å². The maximum atomic E-state index is 11.8. The first-order valence-corrected chi connectivity index (χ1v) is 8.76. The molecule has 1 atom stereocenters. The molecule has 1 saturated heterocycles. The van der Waals surface area contributed by atoms with E-state index in [9.17, 15) is 9.59 Å². The summed E-state index contributed by atoms with van der Waals surface area (Å²) in [6, 6.07) is 8.80. The lowest BCUT2D eigenvalue weighted by Gasteiger charge is -2.39. The van der Waals surface area contributed by atoms with Crippen molar-refractivity contribution in [2.24, 2.45) is 5.73 Å². The summed E-state index contributed by atoms with van der Waals surface area (Å²) in [7, 11) is 0. The molecule has 3 N–H and O–H groups in total. The minimum absolute atomic E-state index is 0.0262. The highest BCUT2D eigenvalue weighted by molar-refractivity contribution is 5.93. The van der Waals surface area contributed by atoms with E-state index in [1.54, 1.807) is 6.92 Å². The van der Waals surface area contributed by atoms with Crippen LogP contribution in [0.3, 0.4) is 0 Å². The molecular formula is C19H23N5O3. The van der Waals surface area contributed by atoms with Crippen LogP contribution in [0.15, 0.2) is 30.3 Å². The Morgan fingerprint density at radius 3 is 2.52 bits per heavy atom. The number of Topliss-reactive ketones (excluding diaryl/α,β-unsaturated/α-hetero) is 1. The number of rotatable bonds is 7. The van der Waals surface area contributed by atoms with E-state index < -0.39 is 11.9 Å². The standard InChI is InChI=1S/C19H23N5O3/c1-11-4-6-14(7-5-11)27-15-9-24(10-15)19-22-16(13(3)25)8-17(23-19)21-12(2)18(20)26/h4-8,12,15H,9-10H2,1-3H3,(H2,20,26)(H,21,22,23)/t12-/m0/s1. The lowest BCUT2D eigenvalue weighted by atomic mass is 10.1. The van der Waals surface area contributed by atoms with Crippen LogP contribution in [0, 0.1) is 6.92 Å². The number of amides is 1. The van der Waals surface area contributed by atoms with Gasteiger partial charge < -0.3 is 20.7 Å². The Kier molecular flexibility index (Phi) is 5.25. The molecule has 1 aromatic heterocycles. The molecule has 1 aromatic carbocycles. The molecule has 2 heterocycles. The third-order valence-electron chi connectivity index (χ3n) is 4.32. The number of nitrogens with two attached hydrogens (primary N) is 1. The molecule has 0 radical (unpaired) electrons. The monoisotopic (exact) mass is 369 g/mol. The van der Waals surface area contributed by atoms with Gasteiger partial charge in [0, 0.05) is 13.0 Å². The molecule has 142 valence electrons. The largest absolute Gasteiger partial charge is 0.487 e. The number of ketones is 1. The topological polar surface area (TPSA) is 110 Å². The van der Waals surface area contributed by atoms with Crippen molar-refractivity contribution < 1.29 is 14.3 Å². The van der Waals surface area contributed by atoms with Gasteiger partial charge in [0.1, 0.15) is 29.4 Å². The van der Waals surface area contributed by atoms with Crippen LogP contribution < -0.4 is 20.7 Å². The lowest BCUT2D eigenvalue weighted by Crippen LogP contribution is -2.54. The van der Waals surface area contributed by atoms with Crippen LogP contribution in [0.4, 0.5) is 11.8 Å². The first-order chi connectivity index (χ1) is 12.8. The van der Waals surface area contributed by atoms with E-state index in [1.807, 2.05) is 36.1 Å². The summed E-state index contributed by atoms with van der Waals surface area (Å²) in [6.45, 7) is 6.32. The average Bonchev–Trinajstić information content (AvgIpc) is 2.58. The van der Waals surface area contributed by atoms with E-state index >= 15 is 0 Å². The number of anilines is 2. The van der Waals surface area contributed by atoms with E-state index in [0.717, 1.165) is 5.75 Å². The van der Waals surface area contributed by atoms with Gasteiger partial charge in [0.25, 0.3) is 0 Å². The first kappa shape index (κ1) is 18.6. The second kappa shape index (κ2) is 7.61. The van der Waals surface area contributed by atoms with Crippen molar-refractivity contribution in [2.45, 2.75) is 32.9 Å². The van der Waals surface area contributed by atoms with Crippen molar-refractivity contribution in [3.8, 4) is 5.75 Å². The molecule has 0 bridgehead atoms. The van der Waals surface area contributed by atoms with Crippen molar-refractivity contribution in [3.05, 3.63) is 41.6 Å². The Morgan fingerprint density at radius 1 is 1.26 bits per heavy atom. The summed E-state index contributed by atoms with van der Waals surface area (Å²) in [6.07, 6.45) is 0.0262. The molecule has 8 heteroatoms. The highest BCUT2D eigenvalue weighted by Crippen LogP contribution is 2.23. The number of nitrogens with zero attached hydrogens (tertiary/aromatic N) is 3. The molecule has 8 nitrogen and oxygen atoms in total. The van der Waals surface area contributed by atoms with Gasteiger partial charge in [0.15, 0.2) is 5.78 Å². The Labute approximate surface area is 157 Å². The molecule has 3 rings (SSSR count). The van der Waals surface area contributed by atoms with Gasteiger partial charge in [-0.2, -0.15) is 4.98 Å². The lowest BCUT2D eigenvalue weighted by molar-refractivity contribution is -0.118. The van der Waals surface area contributed by atoms with Gasteiger partial charge in [-0.15, -0.1) is 0 Å². The zero-order valence-corrected chi connectivity index (χ0v) is 15.6. The Morgan fingerprint density at radius 2 is 1.93 bits per heavy atom. The molecule has 27 heavy (non-hydrogen) atoms. The molecular weight excluding hydrogens is 346 g/mol. The molecule has 0 aliphatic carbocycles. The minimum atomic E-state index is -0.610. The predicted octanol–water partition coefficient (Wildman–Crippen LogP) is 1.54. The van der Waals surface area contributed by atoms with E-state index in [1.165, 1.54) is 18.6 Å². The van der Waals surface area contributed by atoms with Crippen LogP contribution in [0.5, 0.6) is 5.75 Å². The smallest absolute Gasteiger partial charge is 0.239 e. The second-order valence-corrected chi connectivity index (χ2v) is 6.72. The zero-order valence-electron chi connectivity index (χ0n) is 15.6. The van der Waals surface area contributed by atoms with Crippen molar-refractivity contribution in [2.75, 3.05) is 23.3 Å². The number of carbonyl (C=O) groups excluding carboxylic acids is 2. The number of aromatic nitrogens is 2. The predicted molar refractivity (Wildman–Crippen MR) is 102 cm³/mol. The molecule has 0 unspecified atom stereocenters. The van der Waals surface area contributed by atoms with Gasteiger partial charge in [-0.25, -0.2) is 4.98 Å². The third-order valence-corrected chi connectivity index (χ3v) is 4.32. The van der Waals surface area contributed by atoms with Crippen molar-refractivity contribution in [3.63, 3.8) is 0 Å². The van der Waals surface area contributed by atoms with Gasteiger partial charge >= 0.3 is 0 Å². The summed E-state index contributed by atoms with van der Waals surface area (Å²) in [5.41, 5.74) is 6.74. The van der Waals surface area contributed by atoms with Crippen LogP contribution in [0.2, 0.25) is 0 Å². The second-order valence-electron chi connectivity index (χ2n) is 6.72. The van der Waals surface area contributed by atoms with Gasteiger partial charge in [0.05, 0.1) is 13.1 Å². The Balaban J connectivity index is 1.69.